The molecule has 0 fully saturated rings. The summed E-state index contributed by atoms with van der Waals surface area (Å²) in [7, 11) is 1.68. The summed E-state index contributed by atoms with van der Waals surface area (Å²) in [4.78, 5) is 10.3. The SMILES string of the molecule is COCc1ccc(CNCc2cccc([N+](=O)[O-])c2)cc1. The summed E-state index contributed by atoms with van der Waals surface area (Å²) >= 11 is 0. The summed E-state index contributed by atoms with van der Waals surface area (Å²) in [6, 6.07) is 14.8. The van der Waals surface area contributed by atoms with Gasteiger partial charge in [0.05, 0.1) is 11.5 Å². The number of benzene rings is 2. The van der Waals surface area contributed by atoms with Gasteiger partial charge in [-0.05, 0) is 16.7 Å². The molecule has 5 heteroatoms. The Bertz CT molecular complexity index is 597. The second kappa shape index (κ2) is 7.52. The molecule has 2 aromatic carbocycles. The maximum absolute atomic E-state index is 10.7. The molecule has 1 N–H and O–H groups in total. The van der Waals surface area contributed by atoms with Gasteiger partial charge in [0.1, 0.15) is 0 Å². The molecule has 0 radical (unpaired) electrons. The first kappa shape index (κ1) is 15.2. The Morgan fingerprint density at radius 2 is 1.71 bits per heavy atom. The average Bonchev–Trinajstić information content (AvgIpc) is 2.50. The van der Waals surface area contributed by atoms with E-state index in [9.17, 15) is 10.1 Å². The van der Waals surface area contributed by atoms with Crippen LogP contribution in [0.15, 0.2) is 48.5 Å². The van der Waals surface area contributed by atoms with E-state index >= 15 is 0 Å². The number of hydrogen-bond donors (Lipinski definition) is 1. The molecule has 0 amide bonds. The van der Waals surface area contributed by atoms with Gasteiger partial charge in [0.2, 0.25) is 0 Å². The van der Waals surface area contributed by atoms with Gasteiger partial charge in [-0.15, -0.1) is 0 Å². The van der Waals surface area contributed by atoms with Crippen molar-refractivity contribution < 1.29 is 9.66 Å². The Morgan fingerprint density at radius 3 is 2.38 bits per heavy atom. The fourth-order valence-electron chi connectivity index (χ4n) is 2.05. The maximum atomic E-state index is 10.7. The molecule has 0 aliphatic carbocycles. The van der Waals surface area contributed by atoms with Crippen molar-refractivity contribution in [2.45, 2.75) is 19.7 Å². The normalized spacial score (nSPS) is 10.5. The highest BCUT2D eigenvalue weighted by atomic mass is 16.6. The molecular weight excluding hydrogens is 268 g/mol. The number of hydrogen-bond acceptors (Lipinski definition) is 4. The van der Waals surface area contributed by atoms with Crippen molar-refractivity contribution in [3.05, 3.63) is 75.3 Å². The van der Waals surface area contributed by atoms with E-state index in [1.54, 1.807) is 19.2 Å². The predicted molar refractivity (Wildman–Crippen MR) is 80.8 cm³/mol. The summed E-state index contributed by atoms with van der Waals surface area (Å²) < 4.78 is 5.07. The van der Waals surface area contributed by atoms with Crippen LogP contribution in [0.3, 0.4) is 0 Å². The van der Waals surface area contributed by atoms with Gasteiger partial charge in [0.15, 0.2) is 0 Å². The van der Waals surface area contributed by atoms with Crippen molar-refractivity contribution in [1.82, 2.24) is 5.32 Å². The Balaban J connectivity index is 1.86. The van der Waals surface area contributed by atoms with E-state index in [0.717, 1.165) is 17.7 Å². The lowest BCUT2D eigenvalue weighted by atomic mass is 10.1. The Morgan fingerprint density at radius 1 is 1.05 bits per heavy atom. The van der Waals surface area contributed by atoms with Crippen LogP contribution >= 0.6 is 0 Å². The topological polar surface area (TPSA) is 64.4 Å². The quantitative estimate of drug-likeness (QED) is 0.627. The summed E-state index contributed by atoms with van der Waals surface area (Å²) in [5, 5.41) is 14.0. The molecular formula is C16H18N2O3. The molecule has 5 nitrogen and oxygen atoms in total. The minimum atomic E-state index is -0.377. The molecule has 0 heterocycles. The number of rotatable bonds is 7. The summed E-state index contributed by atoms with van der Waals surface area (Å²) in [5.74, 6) is 0. The average molecular weight is 286 g/mol. The highest BCUT2D eigenvalue weighted by Crippen LogP contribution is 2.13. The Labute approximate surface area is 123 Å². The van der Waals surface area contributed by atoms with E-state index in [1.807, 2.05) is 18.2 Å². The molecule has 0 aliphatic heterocycles. The monoisotopic (exact) mass is 286 g/mol. The number of nitro benzene ring substituents is 1. The first-order valence-electron chi connectivity index (χ1n) is 6.70. The lowest BCUT2D eigenvalue weighted by molar-refractivity contribution is -0.384. The van der Waals surface area contributed by atoms with E-state index < -0.39 is 0 Å². The minimum absolute atomic E-state index is 0.123. The van der Waals surface area contributed by atoms with Crippen molar-refractivity contribution in [3.8, 4) is 0 Å². The summed E-state index contributed by atoms with van der Waals surface area (Å²) in [6.07, 6.45) is 0. The van der Waals surface area contributed by atoms with Crippen molar-refractivity contribution in [1.29, 1.82) is 0 Å². The molecule has 2 aromatic rings. The highest BCUT2D eigenvalue weighted by Gasteiger charge is 2.05. The highest BCUT2D eigenvalue weighted by molar-refractivity contribution is 5.34. The zero-order valence-corrected chi connectivity index (χ0v) is 11.9. The van der Waals surface area contributed by atoms with Gasteiger partial charge < -0.3 is 10.1 Å². The van der Waals surface area contributed by atoms with Gasteiger partial charge in [0.25, 0.3) is 5.69 Å². The van der Waals surface area contributed by atoms with E-state index in [2.05, 4.69) is 17.4 Å². The zero-order valence-electron chi connectivity index (χ0n) is 11.9. The van der Waals surface area contributed by atoms with Gasteiger partial charge in [-0.3, -0.25) is 10.1 Å². The molecule has 0 unspecified atom stereocenters. The van der Waals surface area contributed by atoms with Crippen LogP contribution in [0.5, 0.6) is 0 Å². The largest absolute Gasteiger partial charge is 0.380 e. The van der Waals surface area contributed by atoms with E-state index in [-0.39, 0.29) is 10.6 Å². The third-order valence-electron chi connectivity index (χ3n) is 3.11. The fourth-order valence-corrected chi connectivity index (χ4v) is 2.05. The van der Waals surface area contributed by atoms with Crippen molar-refractivity contribution in [2.24, 2.45) is 0 Å². The van der Waals surface area contributed by atoms with E-state index in [4.69, 9.17) is 4.74 Å². The first-order valence-corrected chi connectivity index (χ1v) is 6.70. The molecule has 0 saturated carbocycles. The number of nitrogens with zero attached hydrogens (tertiary/aromatic N) is 1. The van der Waals surface area contributed by atoms with Crippen molar-refractivity contribution in [2.75, 3.05) is 7.11 Å². The van der Waals surface area contributed by atoms with Crippen molar-refractivity contribution in [3.63, 3.8) is 0 Å². The Hall–Kier alpha value is -2.24. The third-order valence-corrected chi connectivity index (χ3v) is 3.11. The number of non-ortho nitro benzene ring substituents is 1. The number of nitro groups is 1. The first-order chi connectivity index (χ1) is 10.2. The van der Waals surface area contributed by atoms with Crippen LogP contribution < -0.4 is 5.32 Å². The van der Waals surface area contributed by atoms with Crippen LogP contribution in [-0.2, 0) is 24.4 Å². The minimum Gasteiger partial charge on any atom is -0.380 e. The molecule has 2 rings (SSSR count). The molecule has 21 heavy (non-hydrogen) atoms. The molecule has 0 bridgehead atoms. The lowest BCUT2D eigenvalue weighted by Gasteiger charge is -2.06. The molecule has 0 atom stereocenters. The number of nitrogens with one attached hydrogen (secondary N) is 1. The molecule has 0 aliphatic rings. The van der Waals surface area contributed by atoms with Gasteiger partial charge in [-0.1, -0.05) is 36.4 Å². The standard InChI is InChI=1S/C16H18N2O3/c1-21-12-14-7-5-13(6-8-14)10-17-11-15-3-2-4-16(9-15)18(19)20/h2-9,17H,10-12H2,1H3. The van der Waals surface area contributed by atoms with Crippen LogP contribution in [0.4, 0.5) is 5.69 Å². The van der Waals surface area contributed by atoms with Gasteiger partial charge >= 0.3 is 0 Å². The lowest BCUT2D eigenvalue weighted by Crippen LogP contribution is -2.12. The Kier molecular flexibility index (Phi) is 5.43. The van der Waals surface area contributed by atoms with Crippen LogP contribution in [0.25, 0.3) is 0 Å². The maximum Gasteiger partial charge on any atom is 0.269 e. The molecule has 0 aromatic heterocycles. The summed E-state index contributed by atoms with van der Waals surface area (Å²) in [6.45, 7) is 1.93. The van der Waals surface area contributed by atoms with Crippen molar-refractivity contribution >= 4 is 5.69 Å². The van der Waals surface area contributed by atoms with E-state index in [0.29, 0.717) is 13.2 Å². The second-order valence-corrected chi connectivity index (χ2v) is 4.78. The molecule has 0 saturated heterocycles. The van der Waals surface area contributed by atoms with Gasteiger partial charge in [0, 0.05) is 32.3 Å². The fraction of sp³-hybridized carbons (Fsp3) is 0.250. The van der Waals surface area contributed by atoms with E-state index in [1.165, 1.54) is 11.6 Å². The summed E-state index contributed by atoms with van der Waals surface area (Å²) in [5.41, 5.74) is 3.33. The van der Waals surface area contributed by atoms with Crippen LogP contribution in [0.2, 0.25) is 0 Å². The molecule has 110 valence electrons. The van der Waals surface area contributed by atoms with Gasteiger partial charge in [-0.2, -0.15) is 0 Å². The second-order valence-electron chi connectivity index (χ2n) is 4.78. The van der Waals surface area contributed by atoms with Crippen LogP contribution in [0, 0.1) is 10.1 Å². The smallest absolute Gasteiger partial charge is 0.269 e. The number of methoxy groups -OCH3 is 1. The predicted octanol–water partition coefficient (Wildman–Crippen LogP) is 3.03. The molecule has 0 spiro atoms. The third kappa shape index (κ3) is 4.66. The number of ether oxygens (including phenoxy) is 1. The van der Waals surface area contributed by atoms with Crippen LogP contribution in [-0.4, -0.2) is 12.0 Å². The van der Waals surface area contributed by atoms with Crippen LogP contribution in [0.1, 0.15) is 16.7 Å². The zero-order chi connectivity index (χ0) is 15.1. The van der Waals surface area contributed by atoms with Gasteiger partial charge in [-0.25, -0.2) is 0 Å².